The van der Waals surface area contributed by atoms with Gasteiger partial charge < -0.3 is 14.4 Å². The third-order valence-corrected chi connectivity index (χ3v) is 11.4. The minimum atomic E-state index is -1.35. The fourth-order valence-electron chi connectivity index (χ4n) is 6.83. The van der Waals surface area contributed by atoms with Crippen LogP contribution in [0.1, 0.15) is 61.9 Å². The Hall–Kier alpha value is -3.44. The van der Waals surface area contributed by atoms with E-state index < -0.39 is 8.07 Å². The summed E-state index contributed by atoms with van der Waals surface area (Å²) >= 11 is 0. The van der Waals surface area contributed by atoms with Crippen molar-refractivity contribution in [2.45, 2.75) is 85.9 Å². The van der Waals surface area contributed by atoms with Gasteiger partial charge in [-0.3, -0.25) is 0 Å². The second kappa shape index (κ2) is 15.4. The van der Waals surface area contributed by atoms with E-state index in [0.717, 1.165) is 56.9 Å². The van der Waals surface area contributed by atoms with Gasteiger partial charge in [0, 0.05) is 43.6 Å². The maximum absolute atomic E-state index is 6.09. The summed E-state index contributed by atoms with van der Waals surface area (Å²) in [5.41, 5.74) is 10.5. The smallest absolute Gasteiger partial charge is 0.216 e. The van der Waals surface area contributed by atoms with Crippen molar-refractivity contribution in [1.29, 1.82) is 0 Å². The molecule has 1 radical (unpaired) electrons. The topological polar surface area (TPSA) is 51.8 Å². The van der Waals surface area contributed by atoms with Crippen molar-refractivity contribution in [2.75, 3.05) is 0 Å². The number of rotatable bonds is 7. The van der Waals surface area contributed by atoms with Crippen LogP contribution in [0.15, 0.2) is 77.5 Å². The fourth-order valence-corrected chi connectivity index (χ4v) is 8.42. The maximum atomic E-state index is 6.09. The Morgan fingerprint density at radius 1 is 0.854 bits per heavy atom. The van der Waals surface area contributed by atoms with E-state index in [-0.39, 0.29) is 20.1 Å². The Morgan fingerprint density at radius 2 is 1.60 bits per heavy atom. The van der Waals surface area contributed by atoms with Crippen LogP contribution in [0, 0.1) is 37.8 Å². The maximum Gasteiger partial charge on any atom is 0.216 e. The molecule has 1 aliphatic carbocycles. The van der Waals surface area contributed by atoms with Crippen LogP contribution in [-0.4, -0.2) is 23.0 Å². The number of nitrogens with zero attached hydrogens (tertiary/aromatic N) is 3. The Labute approximate surface area is 301 Å². The van der Waals surface area contributed by atoms with Crippen LogP contribution in [0.5, 0.6) is 0 Å². The van der Waals surface area contributed by atoms with Gasteiger partial charge in [-0.2, -0.15) is 0 Å². The van der Waals surface area contributed by atoms with E-state index >= 15 is 0 Å². The summed E-state index contributed by atoms with van der Waals surface area (Å²) in [4.78, 5) is 13.9. The molecule has 6 heteroatoms. The number of pyridine rings is 3. The van der Waals surface area contributed by atoms with Gasteiger partial charge in [0.1, 0.15) is 0 Å². The molecular weight excluding hydrogens is 783 g/mol. The number of fused-ring (bicyclic) bond motifs is 3. The number of aromatic nitrogens is 3. The molecule has 7 rings (SSSR count). The molecule has 0 saturated heterocycles. The van der Waals surface area contributed by atoms with Crippen LogP contribution in [0.25, 0.3) is 44.6 Å². The van der Waals surface area contributed by atoms with E-state index in [1.807, 2.05) is 43.5 Å². The molecule has 0 spiro atoms. The van der Waals surface area contributed by atoms with E-state index in [1.54, 1.807) is 10.8 Å². The average Bonchev–Trinajstić information content (AvgIpc) is 3.69. The van der Waals surface area contributed by atoms with Gasteiger partial charge >= 0.3 is 0 Å². The zero-order valence-corrected chi connectivity index (χ0v) is 32.8. The zero-order chi connectivity index (χ0) is 33.1. The van der Waals surface area contributed by atoms with Crippen LogP contribution in [-0.2, 0) is 32.9 Å². The van der Waals surface area contributed by atoms with Gasteiger partial charge in [0.2, 0.25) is 5.71 Å². The SMILES string of the molecule is C[Si](C)(C)c1cnc(-c2[c-]cccc2)cc1CC1CCCC1.Cc1ccc2c(n1)oc1c(-c3cc(CC(C)C)c(C)cn3)[c-]ccc12.[Ir]. The molecule has 6 aromatic rings. The van der Waals surface area contributed by atoms with E-state index in [9.17, 15) is 0 Å². The molecule has 4 aromatic heterocycles. The van der Waals surface area contributed by atoms with Gasteiger partial charge in [-0.05, 0) is 72.8 Å². The average molecular weight is 830 g/mol. The quantitative estimate of drug-likeness (QED) is 0.119. The number of hydrogen-bond acceptors (Lipinski definition) is 4. The normalized spacial score (nSPS) is 13.5. The molecule has 251 valence electrons. The first kappa shape index (κ1) is 35.9. The summed E-state index contributed by atoms with van der Waals surface area (Å²) in [6.07, 6.45) is 12.0. The minimum Gasteiger partial charge on any atom is -0.486 e. The van der Waals surface area contributed by atoms with E-state index in [2.05, 4.69) is 99.0 Å². The number of aryl methyl sites for hydroxylation is 2. The second-order valence-corrected chi connectivity index (χ2v) is 19.7. The summed E-state index contributed by atoms with van der Waals surface area (Å²) in [7, 11) is -1.35. The number of hydrogen-bond donors (Lipinski definition) is 0. The predicted molar refractivity (Wildman–Crippen MR) is 199 cm³/mol. The van der Waals surface area contributed by atoms with Crippen molar-refractivity contribution in [3.63, 3.8) is 0 Å². The molecule has 0 aliphatic heterocycles. The van der Waals surface area contributed by atoms with E-state index in [4.69, 9.17) is 9.40 Å². The number of benzene rings is 2. The molecule has 0 N–H and O–H groups in total. The molecule has 0 amide bonds. The van der Waals surface area contributed by atoms with Crippen molar-refractivity contribution in [2.24, 2.45) is 11.8 Å². The van der Waals surface area contributed by atoms with Crippen LogP contribution < -0.4 is 5.19 Å². The van der Waals surface area contributed by atoms with Crippen LogP contribution in [0.2, 0.25) is 19.6 Å². The first-order valence-electron chi connectivity index (χ1n) is 17.2. The van der Waals surface area contributed by atoms with Crippen molar-refractivity contribution >= 4 is 35.3 Å². The zero-order valence-electron chi connectivity index (χ0n) is 29.4. The Kier molecular flexibility index (Phi) is 11.5. The van der Waals surface area contributed by atoms with Gasteiger partial charge in [-0.15, -0.1) is 54.1 Å². The first-order chi connectivity index (χ1) is 22.6. The van der Waals surface area contributed by atoms with Crippen LogP contribution in [0.3, 0.4) is 0 Å². The Balaban J connectivity index is 0.000000186. The Bertz CT molecular complexity index is 1990. The second-order valence-electron chi connectivity index (χ2n) is 14.7. The monoisotopic (exact) mass is 830 g/mol. The third kappa shape index (κ3) is 8.22. The summed E-state index contributed by atoms with van der Waals surface area (Å²) in [6.45, 7) is 15.8. The van der Waals surface area contributed by atoms with Gasteiger partial charge in [0.15, 0.2) is 0 Å². The largest absolute Gasteiger partial charge is 0.486 e. The van der Waals surface area contributed by atoms with Crippen molar-refractivity contribution in [1.82, 2.24) is 15.0 Å². The standard InChI is InChI=1S/C22H21N2O.C20H26NSi.Ir/c1-13(2)10-16-11-20(23-12-14(16)3)19-7-5-6-17-18-9-8-15(4)24-22(18)25-21(17)19;1-22(2,3)20-15-21-19(17-11-5-4-6-12-17)14-18(20)13-16-9-7-8-10-16;/h5-6,8-9,11-13H,10H2,1-4H3;4-6,11,14-16H,7-10,13H2,1-3H3;/q2*-1;. The molecule has 0 atom stereocenters. The van der Waals surface area contributed by atoms with Gasteiger partial charge in [-0.1, -0.05) is 93.4 Å². The molecule has 2 aromatic carbocycles. The molecule has 48 heavy (non-hydrogen) atoms. The molecule has 0 bridgehead atoms. The molecule has 1 fully saturated rings. The first-order valence-corrected chi connectivity index (χ1v) is 20.7. The van der Waals surface area contributed by atoms with Crippen molar-refractivity contribution in [3.8, 4) is 22.5 Å². The summed E-state index contributed by atoms with van der Waals surface area (Å²) in [5, 5.41) is 3.63. The molecule has 4 nitrogen and oxygen atoms in total. The van der Waals surface area contributed by atoms with E-state index in [0.29, 0.717) is 11.6 Å². The van der Waals surface area contributed by atoms with Crippen molar-refractivity contribution < 1.29 is 24.5 Å². The minimum absolute atomic E-state index is 0. The van der Waals surface area contributed by atoms with Crippen LogP contribution >= 0.6 is 0 Å². The molecule has 4 heterocycles. The van der Waals surface area contributed by atoms with Gasteiger partial charge in [0.25, 0.3) is 0 Å². The molecule has 1 saturated carbocycles. The molecule has 1 aliphatic rings. The van der Waals surface area contributed by atoms with Gasteiger partial charge in [0.05, 0.1) is 13.7 Å². The van der Waals surface area contributed by atoms with E-state index in [1.165, 1.54) is 43.2 Å². The Morgan fingerprint density at radius 3 is 2.31 bits per heavy atom. The van der Waals surface area contributed by atoms with Gasteiger partial charge in [-0.25, -0.2) is 4.98 Å². The molecular formula is C42H47IrN3OSi-2. The van der Waals surface area contributed by atoms with Crippen molar-refractivity contribution in [3.05, 3.63) is 108 Å². The summed E-state index contributed by atoms with van der Waals surface area (Å²) in [5.74, 6) is 1.48. The fraction of sp³-hybridized carbons (Fsp3) is 0.357. The van der Waals surface area contributed by atoms with Crippen LogP contribution in [0.4, 0.5) is 0 Å². The number of furan rings is 1. The summed E-state index contributed by atoms with van der Waals surface area (Å²) < 4.78 is 6.09. The summed E-state index contributed by atoms with van der Waals surface area (Å²) in [6, 6.07) is 27.4. The molecule has 0 unspecified atom stereocenters. The third-order valence-electron chi connectivity index (χ3n) is 9.30. The predicted octanol–water partition coefficient (Wildman–Crippen LogP) is 10.5.